The van der Waals surface area contributed by atoms with E-state index in [1.54, 1.807) is 12.1 Å². The fraction of sp³-hybridized carbons (Fsp3) is 0.381. The molecule has 148 valence electrons. The van der Waals surface area contributed by atoms with Gasteiger partial charge in [-0.3, -0.25) is 4.79 Å². The molecule has 2 saturated carbocycles. The number of nitrogens with one attached hydrogen (secondary N) is 2. The van der Waals surface area contributed by atoms with Crippen LogP contribution in [0.15, 0.2) is 53.4 Å². The molecule has 0 aromatic heterocycles. The summed E-state index contributed by atoms with van der Waals surface area (Å²) in [6, 6.07) is 13.7. The first-order chi connectivity index (χ1) is 13.4. The lowest BCUT2D eigenvalue weighted by molar-refractivity contribution is 0.0823. The summed E-state index contributed by atoms with van der Waals surface area (Å²) in [4.78, 5) is 13.0. The standard InChI is InChI=1S/C21H23ClN2O3S/c22-18-9-7-17(8-10-18)21(11-2-12-21)24-20(25)16-3-1-4-19(13-16)28(26,27)23-14-15-5-6-15/h1,3-4,7-10,13,15,23H,2,5-6,11-12,14H2,(H,24,25). The van der Waals surface area contributed by atoms with Gasteiger partial charge >= 0.3 is 0 Å². The summed E-state index contributed by atoms with van der Waals surface area (Å²) in [5.74, 6) is 0.174. The third-order valence-electron chi connectivity index (χ3n) is 5.62. The van der Waals surface area contributed by atoms with E-state index in [4.69, 9.17) is 11.6 Å². The molecule has 2 aliphatic carbocycles. The Bertz CT molecular complexity index is 981. The van der Waals surface area contributed by atoms with Gasteiger partial charge < -0.3 is 5.32 Å². The quantitative estimate of drug-likeness (QED) is 0.717. The molecule has 1 amide bonds. The van der Waals surface area contributed by atoms with Crippen LogP contribution in [-0.2, 0) is 15.6 Å². The molecule has 28 heavy (non-hydrogen) atoms. The molecule has 0 spiro atoms. The third-order valence-corrected chi connectivity index (χ3v) is 7.30. The summed E-state index contributed by atoms with van der Waals surface area (Å²) in [6.07, 6.45) is 4.86. The molecule has 0 unspecified atom stereocenters. The van der Waals surface area contributed by atoms with E-state index in [1.165, 1.54) is 12.1 Å². The van der Waals surface area contributed by atoms with Crippen LogP contribution in [0.2, 0.25) is 5.02 Å². The highest BCUT2D eigenvalue weighted by Crippen LogP contribution is 2.41. The highest BCUT2D eigenvalue weighted by Gasteiger charge is 2.40. The predicted octanol–water partition coefficient (Wildman–Crippen LogP) is 3.84. The minimum Gasteiger partial charge on any atom is -0.343 e. The lowest BCUT2D eigenvalue weighted by Crippen LogP contribution is -2.50. The van der Waals surface area contributed by atoms with E-state index in [1.807, 2.05) is 24.3 Å². The van der Waals surface area contributed by atoms with Crippen molar-refractivity contribution >= 4 is 27.5 Å². The van der Waals surface area contributed by atoms with Crippen LogP contribution in [0.25, 0.3) is 0 Å². The molecule has 5 nitrogen and oxygen atoms in total. The van der Waals surface area contributed by atoms with Crippen LogP contribution < -0.4 is 10.0 Å². The fourth-order valence-corrected chi connectivity index (χ4v) is 4.80. The topological polar surface area (TPSA) is 75.3 Å². The van der Waals surface area contributed by atoms with Crippen LogP contribution >= 0.6 is 11.6 Å². The lowest BCUT2D eigenvalue weighted by atomic mass is 9.71. The molecule has 2 aliphatic rings. The highest BCUT2D eigenvalue weighted by molar-refractivity contribution is 7.89. The van der Waals surface area contributed by atoms with Crippen LogP contribution in [0.1, 0.15) is 48.0 Å². The monoisotopic (exact) mass is 418 g/mol. The normalized spacial score (nSPS) is 18.3. The Balaban J connectivity index is 1.52. The Morgan fingerprint density at radius 3 is 2.43 bits per heavy atom. The van der Waals surface area contributed by atoms with Crippen LogP contribution in [0, 0.1) is 5.92 Å². The van der Waals surface area contributed by atoms with Crippen molar-refractivity contribution in [2.45, 2.75) is 42.5 Å². The molecule has 2 N–H and O–H groups in total. The van der Waals surface area contributed by atoms with Crippen molar-refractivity contribution in [1.82, 2.24) is 10.0 Å². The van der Waals surface area contributed by atoms with Gasteiger partial charge in [-0.15, -0.1) is 0 Å². The first kappa shape index (κ1) is 19.4. The third kappa shape index (κ3) is 4.09. The van der Waals surface area contributed by atoms with Crippen molar-refractivity contribution in [3.8, 4) is 0 Å². The van der Waals surface area contributed by atoms with Crippen LogP contribution in [-0.4, -0.2) is 20.9 Å². The van der Waals surface area contributed by atoms with Gasteiger partial charge in [-0.05, 0) is 73.9 Å². The Morgan fingerprint density at radius 1 is 1.11 bits per heavy atom. The largest absolute Gasteiger partial charge is 0.343 e. The molecule has 2 fully saturated rings. The molecular formula is C21H23ClN2O3S. The number of benzene rings is 2. The smallest absolute Gasteiger partial charge is 0.252 e. The zero-order valence-electron chi connectivity index (χ0n) is 15.4. The van der Waals surface area contributed by atoms with Gasteiger partial charge in [0.25, 0.3) is 5.91 Å². The van der Waals surface area contributed by atoms with Gasteiger partial charge in [0.2, 0.25) is 10.0 Å². The Morgan fingerprint density at radius 2 is 1.82 bits per heavy atom. The van der Waals surface area contributed by atoms with Crippen molar-refractivity contribution < 1.29 is 13.2 Å². The SMILES string of the molecule is O=C(NC1(c2ccc(Cl)cc2)CCC1)c1cccc(S(=O)(=O)NCC2CC2)c1. The van der Waals surface area contributed by atoms with Gasteiger partial charge in [-0.2, -0.15) is 0 Å². The summed E-state index contributed by atoms with van der Waals surface area (Å²) in [6.45, 7) is 0.457. The van der Waals surface area contributed by atoms with Crippen molar-refractivity contribution in [2.24, 2.45) is 5.92 Å². The second-order valence-electron chi connectivity index (χ2n) is 7.72. The van der Waals surface area contributed by atoms with E-state index in [0.717, 1.165) is 37.7 Å². The summed E-state index contributed by atoms with van der Waals surface area (Å²) < 4.78 is 27.6. The van der Waals surface area contributed by atoms with Crippen LogP contribution in [0.3, 0.4) is 0 Å². The summed E-state index contributed by atoms with van der Waals surface area (Å²) in [5.41, 5.74) is 0.946. The maximum absolute atomic E-state index is 12.9. The van der Waals surface area contributed by atoms with E-state index >= 15 is 0 Å². The number of hydrogen-bond donors (Lipinski definition) is 2. The molecule has 2 aromatic rings. The molecule has 0 bridgehead atoms. The summed E-state index contributed by atoms with van der Waals surface area (Å²) >= 11 is 5.98. The van der Waals surface area contributed by atoms with E-state index in [9.17, 15) is 13.2 Å². The Hall–Kier alpha value is -1.89. The van der Waals surface area contributed by atoms with Crippen molar-refractivity contribution in [3.63, 3.8) is 0 Å². The molecule has 0 heterocycles. The van der Waals surface area contributed by atoms with Gasteiger partial charge in [0.15, 0.2) is 0 Å². The highest BCUT2D eigenvalue weighted by atomic mass is 35.5. The number of rotatable bonds is 7. The van der Waals surface area contributed by atoms with Crippen molar-refractivity contribution in [3.05, 3.63) is 64.7 Å². The van der Waals surface area contributed by atoms with Gasteiger partial charge in [0.05, 0.1) is 10.4 Å². The average molecular weight is 419 g/mol. The molecule has 0 atom stereocenters. The Kier molecular flexibility index (Phi) is 5.21. The van der Waals surface area contributed by atoms with Gasteiger partial charge in [0, 0.05) is 17.1 Å². The zero-order chi connectivity index (χ0) is 19.8. The van der Waals surface area contributed by atoms with E-state index in [-0.39, 0.29) is 10.8 Å². The minimum atomic E-state index is -3.61. The zero-order valence-corrected chi connectivity index (χ0v) is 17.0. The summed E-state index contributed by atoms with van der Waals surface area (Å²) in [7, 11) is -3.61. The molecule has 4 rings (SSSR count). The van der Waals surface area contributed by atoms with Crippen molar-refractivity contribution in [2.75, 3.05) is 6.54 Å². The van der Waals surface area contributed by atoms with Crippen LogP contribution in [0.4, 0.5) is 0 Å². The predicted molar refractivity (Wildman–Crippen MR) is 109 cm³/mol. The molecule has 0 radical (unpaired) electrons. The molecule has 0 saturated heterocycles. The fourth-order valence-electron chi connectivity index (χ4n) is 3.51. The van der Waals surface area contributed by atoms with Crippen molar-refractivity contribution in [1.29, 1.82) is 0 Å². The number of sulfonamides is 1. The first-order valence-corrected chi connectivity index (χ1v) is 11.4. The number of halogens is 1. The van der Waals surface area contributed by atoms with Gasteiger partial charge in [-0.1, -0.05) is 29.8 Å². The number of hydrogen-bond acceptors (Lipinski definition) is 3. The van der Waals surface area contributed by atoms with E-state index in [2.05, 4.69) is 10.0 Å². The molecule has 2 aromatic carbocycles. The molecular weight excluding hydrogens is 396 g/mol. The molecule has 0 aliphatic heterocycles. The minimum absolute atomic E-state index is 0.120. The number of amides is 1. The summed E-state index contributed by atoms with van der Waals surface area (Å²) in [5, 5.41) is 3.78. The van der Waals surface area contributed by atoms with E-state index in [0.29, 0.717) is 23.0 Å². The van der Waals surface area contributed by atoms with Crippen LogP contribution in [0.5, 0.6) is 0 Å². The maximum Gasteiger partial charge on any atom is 0.252 e. The van der Waals surface area contributed by atoms with E-state index < -0.39 is 15.6 Å². The maximum atomic E-state index is 12.9. The first-order valence-electron chi connectivity index (χ1n) is 9.56. The molecule has 7 heteroatoms. The second-order valence-corrected chi connectivity index (χ2v) is 9.92. The average Bonchev–Trinajstić information content (AvgIpc) is 3.48. The second kappa shape index (κ2) is 7.50. The van der Waals surface area contributed by atoms with Gasteiger partial charge in [-0.25, -0.2) is 13.1 Å². The lowest BCUT2D eigenvalue weighted by Gasteiger charge is -2.43. The number of carbonyl (C=O) groups is 1. The number of carbonyl (C=O) groups excluding carboxylic acids is 1. The Labute approximate surface area is 170 Å². The van der Waals surface area contributed by atoms with Gasteiger partial charge in [0.1, 0.15) is 0 Å².